The Morgan fingerprint density at radius 2 is 2.10 bits per heavy atom. The van der Waals surface area contributed by atoms with Crippen molar-refractivity contribution in [2.75, 3.05) is 19.3 Å². The second-order valence-electron chi connectivity index (χ2n) is 4.60. The lowest BCUT2D eigenvalue weighted by Gasteiger charge is -2.18. The van der Waals surface area contributed by atoms with Crippen molar-refractivity contribution < 1.29 is 4.79 Å². The van der Waals surface area contributed by atoms with E-state index in [4.69, 9.17) is 5.73 Å². The van der Waals surface area contributed by atoms with Crippen LogP contribution in [0.25, 0.3) is 0 Å². The van der Waals surface area contributed by atoms with Gasteiger partial charge in [-0.05, 0) is 31.0 Å². The number of hydrogen-bond donors (Lipinski definition) is 1. The van der Waals surface area contributed by atoms with E-state index in [-0.39, 0.29) is 5.91 Å². The summed E-state index contributed by atoms with van der Waals surface area (Å²) < 4.78 is 1.63. The molecule has 0 saturated heterocycles. The fourth-order valence-electron chi connectivity index (χ4n) is 2.00. The molecule has 2 heterocycles. The number of aryl methyl sites for hydroxylation is 1. The Bertz CT molecular complexity index is 579. The van der Waals surface area contributed by atoms with Crippen LogP contribution in [-0.4, -0.2) is 39.2 Å². The first-order valence-electron chi connectivity index (χ1n) is 6.59. The molecule has 20 heavy (non-hydrogen) atoms. The highest BCUT2D eigenvalue weighted by Gasteiger charge is 2.19. The van der Waals surface area contributed by atoms with E-state index in [1.807, 2.05) is 19.1 Å². The molecule has 106 valence electrons. The summed E-state index contributed by atoms with van der Waals surface area (Å²) in [6, 6.07) is 3.89. The van der Waals surface area contributed by atoms with Gasteiger partial charge in [0.15, 0.2) is 0 Å². The van der Waals surface area contributed by atoms with E-state index in [2.05, 4.69) is 10.1 Å². The molecule has 2 N–H and O–H groups in total. The minimum atomic E-state index is -0.101. The van der Waals surface area contributed by atoms with Crippen LogP contribution < -0.4 is 5.73 Å². The van der Waals surface area contributed by atoms with Crippen molar-refractivity contribution in [3.05, 3.63) is 42.0 Å². The molecule has 0 aliphatic rings. The van der Waals surface area contributed by atoms with E-state index in [9.17, 15) is 4.79 Å². The number of nitrogens with zero attached hydrogens (tertiary/aromatic N) is 4. The van der Waals surface area contributed by atoms with Crippen LogP contribution >= 0.6 is 0 Å². The molecule has 0 bridgehead atoms. The van der Waals surface area contributed by atoms with Gasteiger partial charge < -0.3 is 10.6 Å². The van der Waals surface area contributed by atoms with Gasteiger partial charge in [-0.25, -0.2) is 0 Å². The van der Waals surface area contributed by atoms with Crippen molar-refractivity contribution in [3.8, 4) is 0 Å². The molecule has 1 amide bonds. The smallest absolute Gasteiger partial charge is 0.274 e. The number of nitrogen functional groups attached to an aromatic ring is 1. The summed E-state index contributed by atoms with van der Waals surface area (Å²) in [5, 5.41) is 4.09. The molecular weight excluding hydrogens is 254 g/mol. The maximum absolute atomic E-state index is 12.4. The van der Waals surface area contributed by atoms with Crippen LogP contribution in [0.1, 0.15) is 23.0 Å². The molecule has 0 aliphatic carbocycles. The van der Waals surface area contributed by atoms with Crippen LogP contribution in [0.2, 0.25) is 0 Å². The second kappa shape index (κ2) is 6.18. The van der Waals surface area contributed by atoms with E-state index in [1.54, 1.807) is 29.0 Å². The van der Waals surface area contributed by atoms with Crippen molar-refractivity contribution in [3.63, 3.8) is 0 Å². The van der Waals surface area contributed by atoms with Crippen LogP contribution in [0, 0.1) is 0 Å². The Morgan fingerprint density at radius 3 is 2.75 bits per heavy atom. The number of likely N-dealkylation sites (N-methyl/N-ethyl adjacent to an activating group) is 1. The molecule has 0 unspecified atom stereocenters. The van der Waals surface area contributed by atoms with Gasteiger partial charge in [0.05, 0.1) is 11.9 Å². The zero-order valence-corrected chi connectivity index (χ0v) is 11.8. The average molecular weight is 273 g/mol. The molecule has 0 atom stereocenters. The Labute approximate surface area is 118 Å². The SMILES string of the molecule is CCn1ncc(N)c1C(=O)N(C)CCc1ccncc1. The number of carbonyl (C=O) groups is 1. The van der Waals surface area contributed by atoms with E-state index < -0.39 is 0 Å². The van der Waals surface area contributed by atoms with Gasteiger partial charge in [0, 0.05) is 32.5 Å². The molecule has 0 spiro atoms. The molecule has 2 rings (SSSR count). The number of hydrogen-bond acceptors (Lipinski definition) is 4. The Kier molecular flexibility index (Phi) is 4.34. The number of rotatable bonds is 5. The minimum Gasteiger partial charge on any atom is -0.396 e. The number of amides is 1. The summed E-state index contributed by atoms with van der Waals surface area (Å²) in [4.78, 5) is 18.0. The van der Waals surface area contributed by atoms with Gasteiger partial charge in [-0.2, -0.15) is 5.10 Å². The highest BCUT2D eigenvalue weighted by atomic mass is 16.2. The standard InChI is InChI=1S/C14H19N5O/c1-3-19-13(12(15)10-17-19)14(20)18(2)9-6-11-4-7-16-8-5-11/h4-5,7-8,10H,3,6,9,15H2,1-2H3. The first-order chi connectivity index (χ1) is 9.63. The Morgan fingerprint density at radius 1 is 1.40 bits per heavy atom. The zero-order valence-electron chi connectivity index (χ0n) is 11.8. The van der Waals surface area contributed by atoms with Gasteiger partial charge in [-0.3, -0.25) is 14.5 Å². The number of carbonyl (C=O) groups excluding carboxylic acids is 1. The predicted octanol–water partition coefficient (Wildman–Crippen LogP) is 1.19. The van der Waals surface area contributed by atoms with E-state index in [0.29, 0.717) is 24.5 Å². The lowest BCUT2D eigenvalue weighted by atomic mass is 10.2. The fourth-order valence-corrected chi connectivity index (χ4v) is 2.00. The summed E-state index contributed by atoms with van der Waals surface area (Å²) in [6.45, 7) is 3.17. The molecule has 6 heteroatoms. The number of anilines is 1. The van der Waals surface area contributed by atoms with Crippen molar-refractivity contribution >= 4 is 11.6 Å². The third-order valence-corrected chi connectivity index (χ3v) is 3.20. The minimum absolute atomic E-state index is 0.101. The maximum Gasteiger partial charge on any atom is 0.274 e. The van der Waals surface area contributed by atoms with Gasteiger partial charge in [0.2, 0.25) is 0 Å². The van der Waals surface area contributed by atoms with E-state index in [1.165, 1.54) is 6.20 Å². The highest BCUT2D eigenvalue weighted by Crippen LogP contribution is 2.13. The third kappa shape index (κ3) is 2.96. The fraction of sp³-hybridized carbons (Fsp3) is 0.357. The Hall–Kier alpha value is -2.37. The zero-order chi connectivity index (χ0) is 14.5. The monoisotopic (exact) mass is 273 g/mol. The van der Waals surface area contributed by atoms with Gasteiger partial charge in [0.1, 0.15) is 5.69 Å². The van der Waals surface area contributed by atoms with E-state index in [0.717, 1.165) is 12.0 Å². The van der Waals surface area contributed by atoms with E-state index >= 15 is 0 Å². The van der Waals surface area contributed by atoms with Crippen LogP contribution in [0.3, 0.4) is 0 Å². The van der Waals surface area contributed by atoms with Crippen LogP contribution in [0.4, 0.5) is 5.69 Å². The first-order valence-corrected chi connectivity index (χ1v) is 6.59. The van der Waals surface area contributed by atoms with Gasteiger partial charge >= 0.3 is 0 Å². The molecule has 2 aromatic rings. The largest absolute Gasteiger partial charge is 0.396 e. The quantitative estimate of drug-likeness (QED) is 0.888. The van der Waals surface area contributed by atoms with Gasteiger partial charge in [0.25, 0.3) is 5.91 Å². The summed E-state index contributed by atoms with van der Waals surface area (Å²) in [5.41, 5.74) is 7.86. The maximum atomic E-state index is 12.4. The Balaban J connectivity index is 2.03. The number of aromatic nitrogens is 3. The molecule has 0 saturated carbocycles. The summed E-state index contributed by atoms with van der Waals surface area (Å²) >= 11 is 0. The normalized spacial score (nSPS) is 10.5. The van der Waals surface area contributed by atoms with Crippen molar-refractivity contribution in [1.82, 2.24) is 19.7 Å². The number of pyridine rings is 1. The molecule has 0 radical (unpaired) electrons. The van der Waals surface area contributed by atoms with Crippen molar-refractivity contribution in [2.24, 2.45) is 0 Å². The lowest BCUT2D eigenvalue weighted by Crippen LogP contribution is -2.31. The average Bonchev–Trinajstić information content (AvgIpc) is 2.86. The van der Waals surface area contributed by atoms with Crippen LogP contribution in [-0.2, 0) is 13.0 Å². The first kappa shape index (κ1) is 14.0. The topological polar surface area (TPSA) is 77.0 Å². The lowest BCUT2D eigenvalue weighted by molar-refractivity contribution is 0.0785. The van der Waals surface area contributed by atoms with Crippen LogP contribution in [0.15, 0.2) is 30.7 Å². The summed E-state index contributed by atoms with van der Waals surface area (Å²) in [7, 11) is 1.77. The molecule has 2 aromatic heterocycles. The predicted molar refractivity (Wildman–Crippen MR) is 77.2 cm³/mol. The van der Waals surface area contributed by atoms with Crippen molar-refractivity contribution in [1.29, 1.82) is 0 Å². The van der Waals surface area contributed by atoms with Gasteiger partial charge in [-0.1, -0.05) is 0 Å². The van der Waals surface area contributed by atoms with Gasteiger partial charge in [-0.15, -0.1) is 0 Å². The van der Waals surface area contributed by atoms with Crippen molar-refractivity contribution in [2.45, 2.75) is 19.9 Å². The summed E-state index contributed by atoms with van der Waals surface area (Å²) in [6.07, 6.45) is 5.81. The summed E-state index contributed by atoms with van der Waals surface area (Å²) in [5.74, 6) is -0.101. The number of nitrogens with two attached hydrogens (primary N) is 1. The molecule has 6 nitrogen and oxygen atoms in total. The third-order valence-electron chi connectivity index (χ3n) is 3.20. The highest BCUT2D eigenvalue weighted by molar-refractivity contribution is 5.97. The molecule has 0 fully saturated rings. The van der Waals surface area contributed by atoms with Crippen LogP contribution in [0.5, 0.6) is 0 Å². The second-order valence-corrected chi connectivity index (χ2v) is 4.60. The molecule has 0 aliphatic heterocycles. The molecular formula is C14H19N5O. The molecule has 0 aromatic carbocycles.